The fourth-order valence-corrected chi connectivity index (χ4v) is 3.94. The van der Waals surface area contributed by atoms with E-state index in [1.165, 1.54) is 22.9 Å². The van der Waals surface area contributed by atoms with Gasteiger partial charge in [0, 0.05) is 27.5 Å². The average Bonchev–Trinajstić information content (AvgIpc) is 3.15. The molecule has 28 heavy (non-hydrogen) atoms. The van der Waals surface area contributed by atoms with E-state index in [1.54, 1.807) is 31.3 Å². The third-order valence-corrected chi connectivity index (χ3v) is 5.51. The molecule has 146 valence electrons. The minimum absolute atomic E-state index is 0.0808. The summed E-state index contributed by atoms with van der Waals surface area (Å²) in [5, 5.41) is 19.4. The Morgan fingerprint density at radius 3 is 2.79 bits per heavy atom. The minimum atomic E-state index is -0.500. The van der Waals surface area contributed by atoms with Crippen LogP contribution in [0.4, 0.5) is 10.8 Å². The first-order valence-electron chi connectivity index (χ1n) is 8.11. The maximum absolute atomic E-state index is 12.3. The molecule has 0 saturated carbocycles. The average molecular weight is 440 g/mol. The molecule has 0 fully saturated rings. The molecule has 1 N–H and O–H groups in total. The van der Waals surface area contributed by atoms with Crippen molar-refractivity contribution in [3.63, 3.8) is 0 Å². The number of thiazole rings is 1. The third-order valence-electron chi connectivity index (χ3n) is 3.99. The molecule has 0 aliphatic carbocycles. The molecule has 0 spiro atoms. The summed E-state index contributed by atoms with van der Waals surface area (Å²) in [4.78, 5) is 27.9. The van der Waals surface area contributed by atoms with Gasteiger partial charge in [0.05, 0.1) is 4.92 Å². The SMILES string of the molecule is Cc1nn(CC(=O)Nc2ncc(Cc3cc(Cl)ccc3Cl)s2)c(C)c1[N+](=O)[O-]. The van der Waals surface area contributed by atoms with Gasteiger partial charge in [-0.15, -0.1) is 11.3 Å². The molecular weight excluding hydrogens is 425 g/mol. The molecule has 0 aliphatic heterocycles. The van der Waals surface area contributed by atoms with Gasteiger partial charge in [-0.2, -0.15) is 5.10 Å². The topological polar surface area (TPSA) is 103 Å². The number of amides is 1. The van der Waals surface area contributed by atoms with Crippen molar-refractivity contribution in [2.45, 2.75) is 26.8 Å². The summed E-state index contributed by atoms with van der Waals surface area (Å²) in [6, 6.07) is 5.24. The fourth-order valence-electron chi connectivity index (χ4n) is 2.71. The maximum atomic E-state index is 12.3. The van der Waals surface area contributed by atoms with Crippen LogP contribution in [0.2, 0.25) is 10.0 Å². The van der Waals surface area contributed by atoms with E-state index in [4.69, 9.17) is 23.2 Å². The molecule has 1 amide bonds. The van der Waals surface area contributed by atoms with Gasteiger partial charge in [0.1, 0.15) is 17.9 Å². The van der Waals surface area contributed by atoms with Crippen LogP contribution < -0.4 is 5.32 Å². The zero-order chi connectivity index (χ0) is 20.4. The summed E-state index contributed by atoms with van der Waals surface area (Å²) in [5.74, 6) is -0.373. The number of nitrogens with one attached hydrogen (secondary N) is 1. The van der Waals surface area contributed by atoms with Crippen molar-refractivity contribution in [3.8, 4) is 0 Å². The first-order chi connectivity index (χ1) is 13.2. The lowest BCUT2D eigenvalue weighted by atomic mass is 10.1. The second-order valence-electron chi connectivity index (χ2n) is 6.03. The lowest BCUT2D eigenvalue weighted by molar-refractivity contribution is -0.386. The smallest absolute Gasteiger partial charge is 0.300 e. The van der Waals surface area contributed by atoms with Crippen molar-refractivity contribution >= 4 is 51.3 Å². The number of hydrogen-bond donors (Lipinski definition) is 1. The molecule has 0 bridgehead atoms. The second kappa shape index (κ2) is 8.26. The Kier molecular flexibility index (Phi) is 5.97. The largest absolute Gasteiger partial charge is 0.312 e. The molecular formula is C17H15Cl2N5O3S. The lowest BCUT2D eigenvalue weighted by Gasteiger charge is -2.04. The van der Waals surface area contributed by atoms with Gasteiger partial charge in [-0.25, -0.2) is 4.98 Å². The van der Waals surface area contributed by atoms with Crippen molar-refractivity contribution in [3.05, 3.63) is 66.4 Å². The van der Waals surface area contributed by atoms with Gasteiger partial charge in [-0.05, 0) is 37.6 Å². The van der Waals surface area contributed by atoms with Gasteiger partial charge in [0.15, 0.2) is 5.13 Å². The predicted octanol–water partition coefficient (Wildman–Crippen LogP) is 4.40. The Morgan fingerprint density at radius 1 is 1.36 bits per heavy atom. The van der Waals surface area contributed by atoms with E-state index in [0.717, 1.165) is 10.4 Å². The quantitative estimate of drug-likeness (QED) is 0.452. The molecule has 0 unspecified atom stereocenters. The number of carbonyl (C=O) groups excluding carboxylic acids is 1. The number of rotatable bonds is 6. The van der Waals surface area contributed by atoms with Crippen LogP contribution in [0.3, 0.4) is 0 Å². The standard InChI is InChI=1S/C17H15Cl2N5O3S/c1-9-16(24(26)27)10(2)23(22-9)8-15(25)21-17-20-7-13(28-17)6-11-5-12(18)3-4-14(11)19/h3-5,7H,6,8H2,1-2H3,(H,20,21,25). The number of halogens is 2. The number of hydrogen-bond acceptors (Lipinski definition) is 6. The molecule has 0 aliphatic rings. The summed E-state index contributed by atoms with van der Waals surface area (Å²) in [5.41, 5.74) is 1.38. The molecule has 0 radical (unpaired) electrons. The Hall–Kier alpha value is -2.49. The Morgan fingerprint density at radius 2 is 2.11 bits per heavy atom. The predicted molar refractivity (Wildman–Crippen MR) is 108 cm³/mol. The summed E-state index contributed by atoms with van der Waals surface area (Å²) in [6.07, 6.45) is 2.20. The molecule has 2 heterocycles. The number of benzene rings is 1. The zero-order valence-electron chi connectivity index (χ0n) is 14.9. The summed E-state index contributed by atoms with van der Waals surface area (Å²) in [7, 11) is 0. The van der Waals surface area contributed by atoms with Crippen LogP contribution in [0.5, 0.6) is 0 Å². The van der Waals surface area contributed by atoms with E-state index in [1.807, 2.05) is 0 Å². The van der Waals surface area contributed by atoms with Gasteiger partial charge in [0.25, 0.3) is 0 Å². The van der Waals surface area contributed by atoms with E-state index < -0.39 is 4.92 Å². The highest BCUT2D eigenvalue weighted by molar-refractivity contribution is 7.15. The van der Waals surface area contributed by atoms with Crippen molar-refractivity contribution < 1.29 is 9.72 Å². The molecule has 0 saturated heterocycles. The minimum Gasteiger partial charge on any atom is -0.300 e. The van der Waals surface area contributed by atoms with Crippen LogP contribution in [0.1, 0.15) is 21.8 Å². The van der Waals surface area contributed by atoms with Crippen molar-refractivity contribution in [2.75, 3.05) is 5.32 Å². The van der Waals surface area contributed by atoms with Crippen LogP contribution >= 0.6 is 34.5 Å². The Balaban J connectivity index is 1.67. The van der Waals surface area contributed by atoms with Crippen LogP contribution in [0.15, 0.2) is 24.4 Å². The second-order valence-corrected chi connectivity index (χ2v) is 7.99. The Labute approximate surface area is 174 Å². The van der Waals surface area contributed by atoms with E-state index in [2.05, 4.69) is 15.4 Å². The molecule has 0 atom stereocenters. The molecule has 2 aromatic heterocycles. The molecule has 1 aromatic carbocycles. The first kappa shape index (κ1) is 20.2. The molecule has 11 heteroatoms. The van der Waals surface area contributed by atoms with Crippen molar-refractivity contribution in [1.82, 2.24) is 14.8 Å². The van der Waals surface area contributed by atoms with Crippen LogP contribution in [0.25, 0.3) is 0 Å². The molecule has 3 aromatic rings. The first-order valence-corrected chi connectivity index (χ1v) is 9.68. The third kappa shape index (κ3) is 4.49. The van der Waals surface area contributed by atoms with Crippen LogP contribution in [-0.4, -0.2) is 25.6 Å². The van der Waals surface area contributed by atoms with E-state index in [9.17, 15) is 14.9 Å². The highest BCUT2D eigenvalue weighted by Gasteiger charge is 2.23. The summed E-state index contributed by atoms with van der Waals surface area (Å²) >= 11 is 13.5. The number of aromatic nitrogens is 3. The molecule has 3 rings (SSSR count). The summed E-state index contributed by atoms with van der Waals surface area (Å²) < 4.78 is 1.31. The number of nitro groups is 1. The van der Waals surface area contributed by atoms with Gasteiger partial charge in [-0.3, -0.25) is 19.6 Å². The summed E-state index contributed by atoms with van der Waals surface area (Å²) in [6.45, 7) is 2.95. The number of aryl methyl sites for hydroxylation is 1. The van der Waals surface area contributed by atoms with E-state index >= 15 is 0 Å². The lowest BCUT2D eigenvalue weighted by Crippen LogP contribution is -2.20. The van der Waals surface area contributed by atoms with Crippen molar-refractivity contribution in [2.24, 2.45) is 0 Å². The van der Waals surface area contributed by atoms with Gasteiger partial charge in [0.2, 0.25) is 5.91 Å². The maximum Gasteiger partial charge on any atom is 0.312 e. The van der Waals surface area contributed by atoms with Gasteiger partial charge in [-0.1, -0.05) is 23.2 Å². The van der Waals surface area contributed by atoms with Gasteiger partial charge >= 0.3 is 5.69 Å². The monoisotopic (exact) mass is 439 g/mol. The zero-order valence-corrected chi connectivity index (χ0v) is 17.2. The number of anilines is 1. The van der Waals surface area contributed by atoms with Gasteiger partial charge < -0.3 is 5.32 Å². The Bertz CT molecular complexity index is 1060. The number of nitrogens with zero attached hydrogens (tertiary/aromatic N) is 4. The van der Waals surface area contributed by atoms with Crippen LogP contribution in [-0.2, 0) is 17.8 Å². The fraction of sp³-hybridized carbons (Fsp3) is 0.235. The molecule has 8 nitrogen and oxygen atoms in total. The highest BCUT2D eigenvalue weighted by atomic mass is 35.5. The normalized spacial score (nSPS) is 10.9. The van der Waals surface area contributed by atoms with Crippen molar-refractivity contribution in [1.29, 1.82) is 0 Å². The highest BCUT2D eigenvalue weighted by Crippen LogP contribution is 2.27. The van der Waals surface area contributed by atoms with Crippen LogP contribution in [0, 0.1) is 24.0 Å². The number of carbonyl (C=O) groups is 1. The van der Waals surface area contributed by atoms with E-state index in [0.29, 0.717) is 27.3 Å². The van der Waals surface area contributed by atoms with E-state index in [-0.39, 0.29) is 23.8 Å².